The molecule has 0 bridgehead atoms. The molecule has 7 heterocycles. The molecule has 3 amide bonds. The van der Waals surface area contributed by atoms with Gasteiger partial charge in [0.05, 0.1) is 75.5 Å². The van der Waals surface area contributed by atoms with Crippen molar-refractivity contribution in [2.24, 2.45) is 5.92 Å². The molecule has 3 aromatic carbocycles. The van der Waals surface area contributed by atoms with E-state index in [1.54, 1.807) is 28.6 Å². The molecule has 11 rings (SSSR count). The molecule has 5 atom stereocenters. The summed E-state index contributed by atoms with van der Waals surface area (Å²) in [5.41, 5.74) is 5.69. The number of rotatable bonds is 12. The number of hydrogen-bond acceptors (Lipinski definition) is 10. The highest BCUT2D eigenvalue weighted by molar-refractivity contribution is 8.32. The van der Waals surface area contributed by atoms with Crippen LogP contribution in [0.1, 0.15) is 96.9 Å². The fraction of sp³-hybridized carbons (Fsp3) is 0.385. The van der Waals surface area contributed by atoms with Gasteiger partial charge in [-0.3, -0.25) is 14.2 Å². The zero-order valence-electron chi connectivity index (χ0n) is 40.0. The van der Waals surface area contributed by atoms with Crippen molar-refractivity contribution in [1.82, 2.24) is 49.9 Å². The minimum absolute atomic E-state index is 0.00453. The monoisotopic (exact) mass is 984 g/mol. The predicted octanol–water partition coefficient (Wildman–Crippen LogP) is 9.41. The summed E-state index contributed by atoms with van der Waals surface area (Å²) in [6, 6.07) is 19.5. The van der Waals surface area contributed by atoms with Gasteiger partial charge in [0, 0.05) is 40.9 Å². The van der Waals surface area contributed by atoms with Gasteiger partial charge in [-0.15, -0.1) is 11.3 Å². The van der Waals surface area contributed by atoms with Crippen LogP contribution in [0.3, 0.4) is 0 Å². The quantitative estimate of drug-likeness (QED) is 0.0930. The molecule has 1 saturated carbocycles. The van der Waals surface area contributed by atoms with Crippen molar-refractivity contribution in [2.75, 3.05) is 44.8 Å². The second kappa shape index (κ2) is 18.0. The van der Waals surface area contributed by atoms with Gasteiger partial charge < -0.3 is 39.9 Å². The molecule has 0 spiro atoms. The van der Waals surface area contributed by atoms with Crippen LogP contribution in [0.25, 0.3) is 44.7 Å². The lowest BCUT2D eigenvalue weighted by molar-refractivity contribution is -0.135. The second-order valence-corrected chi connectivity index (χ2v) is 25.0. The van der Waals surface area contributed by atoms with Crippen LogP contribution < -0.4 is 15.4 Å². The number of likely N-dealkylation sites (tertiary alicyclic amines) is 1. The number of ether oxygens (including phenoxy) is 2. The topological polar surface area (TPSA) is 175 Å². The third kappa shape index (κ3) is 8.32. The number of methoxy groups -OCH3 is 1. The lowest BCUT2D eigenvalue weighted by Crippen LogP contribution is -2.51. The maximum atomic E-state index is 17.0. The standard InChI is InChI=1S/C52H57FN10O5S2/c1-28(2)44(60-52(66)67-4)49(64)61-18-10-13-38(61)46-55-23-35(58-46)31-16-17-37-33(19-31)21-39-43-34(53)20-32(22-41(43)68-51(63(37)39)42-25-57-48(69-42)30-14-15-30)36-24-56-47(59-36)40-26-70(5,6)27-62(40)50(65)45(54-3)29-11-8-7-9-12-29/h7-9,11-12,16-17,19-25,28,30,38,40,44-45,51,54H,10,13-15,18,26-27H2,1-6H3,(H,55,58)(H,56,59)(H,60,66)/t38-,40-,44?,45+,51-/m0/s1. The van der Waals surface area contributed by atoms with Crippen molar-refractivity contribution in [2.45, 2.75) is 75.8 Å². The molecule has 15 nitrogen and oxygen atoms in total. The second-order valence-electron chi connectivity index (χ2n) is 19.8. The van der Waals surface area contributed by atoms with Crippen LogP contribution in [0.4, 0.5) is 9.18 Å². The molecule has 4 aromatic heterocycles. The van der Waals surface area contributed by atoms with Crippen molar-refractivity contribution in [3.8, 4) is 39.5 Å². The Morgan fingerprint density at radius 2 is 1.63 bits per heavy atom. The number of nitrogens with zero attached hydrogens (tertiary/aromatic N) is 6. The first-order valence-corrected chi connectivity index (χ1v) is 27.5. The number of aromatic nitrogens is 6. The van der Waals surface area contributed by atoms with Gasteiger partial charge in [-0.1, -0.05) is 50.2 Å². The van der Waals surface area contributed by atoms with E-state index in [0.29, 0.717) is 58.3 Å². The van der Waals surface area contributed by atoms with E-state index in [0.717, 1.165) is 69.0 Å². The van der Waals surface area contributed by atoms with Crippen LogP contribution >= 0.6 is 21.4 Å². The van der Waals surface area contributed by atoms with Gasteiger partial charge in [0.2, 0.25) is 18.0 Å². The van der Waals surface area contributed by atoms with E-state index in [4.69, 9.17) is 24.4 Å². The Morgan fingerprint density at radius 1 is 0.886 bits per heavy atom. The Labute approximate surface area is 410 Å². The summed E-state index contributed by atoms with van der Waals surface area (Å²) in [5.74, 6) is 2.89. The van der Waals surface area contributed by atoms with Crippen LogP contribution in [-0.2, 0) is 14.3 Å². The first kappa shape index (κ1) is 45.9. The number of alkyl carbamates (subject to hydrolysis) is 1. The van der Waals surface area contributed by atoms with E-state index in [1.165, 1.54) is 13.2 Å². The smallest absolute Gasteiger partial charge is 0.407 e. The number of H-pyrrole nitrogens is 2. The highest BCUT2D eigenvalue weighted by Gasteiger charge is 2.43. The fourth-order valence-electron chi connectivity index (χ4n) is 10.4. The average molecular weight is 985 g/mol. The molecule has 0 radical (unpaired) electrons. The number of benzene rings is 3. The van der Waals surface area contributed by atoms with Gasteiger partial charge in [0.15, 0.2) is 0 Å². The number of imidazole rings is 2. The number of thiazole rings is 1. The molecule has 4 N–H and O–H groups in total. The molecule has 1 aliphatic carbocycles. The predicted molar refractivity (Wildman–Crippen MR) is 270 cm³/mol. The van der Waals surface area contributed by atoms with Gasteiger partial charge >= 0.3 is 6.09 Å². The molecule has 3 fully saturated rings. The van der Waals surface area contributed by atoms with Gasteiger partial charge in [-0.2, -0.15) is 0 Å². The van der Waals surface area contributed by atoms with Crippen LogP contribution in [0.15, 0.2) is 85.3 Å². The summed E-state index contributed by atoms with van der Waals surface area (Å²) in [4.78, 5) is 66.4. The molecule has 1 unspecified atom stereocenters. The maximum Gasteiger partial charge on any atom is 0.407 e. The number of fused-ring (bicyclic) bond motifs is 5. The normalized spacial score (nSPS) is 20.8. The summed E-state index contributed by atoms with van der Waals surface area (Å²) in [6.07, 6.45) is 12.4. The average Bonchev–Trinajstić information content (AvgIpc) is 4.03. The first-order chi connectivity index (χ1) is 33.8. The number of nitrogens with one attached hydrogen (secondary N) is 4. The SMILES string of the molecule is CN[C@@H](C(=O)N1CS(C)(C)C[C@H]1c1ncc(-c2cc(F)c3c(c2)O[C@@H](c2cnc(C4CC4)s2)n2c-3cc3cc(-c4cnc([C@@H]5CCCN5C(=O)C(NC(=O)OC)C(C)C)[nH]4)ccc32)[nH]1)c1ccccc1. The lowest BCUT2D eigenvalue weighted by Gasteiger charge is -2.30. The molecular weight excluding hydrogens is 928 g/mol. The molecule has 2 saturated heterocycles. The van der Waals surface area contributed by atoms with E-state index in [2.05, 4.69) is 43.7 Å². The third-order valence-electron chi connectivity index (χ3n) is 14.1. The largest absolute Gasteiger partial charge is 0.464 e. The van der Waals surface area contributed by atoms with Crippen molar-refractivity contribution in [3.63, 3.8) is 0 Å². The van der Waals surface area contributed by atoms with E-state index in [-0.39, 0.29) is 29.8 Å². The number of hydrogen-bond donors (Lipinski definition) is 4. The van der Waals surface area contributed by atoms with Crippen LogP contribution in [0, 0.1) is 11.7 Å². The Hall–Kier alpha value is -6.50. The number of likely N-dealkylation sites (N-methyl/N-ethyl adjacent to an activating group) is 1. The van der Waals surface area contributed by atoms with Crippen LogP contribution in [0.5, 0.6) is 5.75 Å². The molecule has 3 aliphatic heterocycles. The lowest BCUT2D eigenvalue weighted by atomic mass is 10.0. The number of aromatic amines is 2. The highest BCUT2D eigenvalue weighted by Crippen LogP contribution is 2.54. The molecular formula is C52H57FN10O5S2. The van der Waals surface area contributed by atoms with Crippen LogP contribution in [-0.4, -0.2) is 108 Å². The van der Waals surface area contributed by atoms with Gasteiger partial charge in [0.1, 0.15) is 35.3 Å². The zero-order valence-corrected chi connectivity index (χ0v) is 41.6. The van der Waals surface area contributed by atoms with E-state index in [1.807, 2.05) is 86.6 Å². The first-order valence-electron chi connectivity index (χ1n) is 23.9. The number of amides is 3. The zero-order chi connectivity index (χ0) is 48.6. The van der Waals surface area contributed by atoms with Crippen molar-refractivity contribution < 1.29 is 28.2 Å². The third-order valence-corrected chi connectivity index (χ3v) is 17.5. The minimum Gasteiger partial charge on any atom is -0.464 e. The van der Waals surface area contributed by atoms with E-state index < -0.39 is 40.3 Å². The number of carbonyl (C=O) groups is 3. The molecule has 70 heavy (non-hydrogen) atoms. The summed E-state index contributed by atoms with van der Waals surface area (Å²) in [6.45, 7) is 4.34. The molecule has 4 aliphatic rings. The number of halogens is 1. The summed E-state index contributed by atoms with van der Waals surface area (Å²) in [7, 11) is 1.95. The number of carbonyl (C=O) groups excluding carboxylic acids is 3. The summed E-state index contributed by atoms with van der Waals surface area (Å²) in [5, 5.41) is 7.92. The Morgan fingerprint density at radius 3 is 2.34 bits per heavy atom. The van der Waals surface area contributed by atoms with Crippen LogP contribution in [0.2, 0.25) is 0 Å². The summed E-state index contributed by atoms with van der Waals surface area (Å²) < 4.78 is 30.8. The maximum absolute atomic E-state index is 17.0. The van der Waals surface area contributed by atoms with Crippen molar-refractivity contribution in [3.05, 3.63) is 118 Å². The van der Waals surface area contributed by atoms with E-state index >= 15 is 4.39 Å². The van der Waals surface area contributed by atoms with Crippen molar-refractivity contribution >= 4 is 50.2 Å². The molecule has 7 aromatic rings. The summed E-state index contributed by atoms with van der Waals surface area (Å²) >= 11 is 1.64. The molecule has 18 heteroatoms. The van der Waals surface area contributed by atoms with Gasteiger partial charge in [-0.25, -0.2) is 34.2 Å². The minimum atomic E-state index is -1.14. The fourth-order valence-corrected chi connectivity index (χ4v) is 13.9. The Kier molecular flexibility index (Phi) is 11.8. The Balaban J connectivity index is 0.916. The van der Waals surface area contributed by atoms with Gasteiger partial charge in [-0.05, 0) is 87.1 Å². The Bertz CT molecular complexity index is 3140. The van der Waals surface area contributed by atoms with Crippen molar-refractivity contribution in [1.29, 1.82) is 0 Å². The van der Waals surface area contributed by atoms with Gasteiger partial charge in [0.25, 0.3) is 0 Å². The highest BCUT2D eigenvalue weighted by atomic mass is 32.3. The van der Waals surface area contributed by atoms with E-state index in [9.17, 15) is 14.4 Å². The molecule has 364 valence electrons.